The SMILES string of the molecule is Cc1ccc(NC(=O)c2n[nH]c(C(C)C)c2Br)c(CN(C)C)c1. The quantitative estimate of drug-likeness (QED) is 0.828. The molecule has 0 atom stereocenters. The van der Waals surface area contributed by atoms with E-state index in [1.54, 1.807) is 0 Å². The second-order valence-electron chi connectivity index (χ2n) is 6.31. The number of hydrogen-bond acceptors (Lipinski definition) is 3. The van der Waals surface area contributed by atoms with Gasteiger partial charge in [0.1, 0.15) is 0 Å². The molecule has 0 spiro atoms. The first-order valence-corrected chi connectivity index (χ1v) is 8.38. The molecule has 0 radical (unpaired) electrons. The Morgan fingerprint density at radius 2 is 2.09 bits per heavy atom. The molecule has 0 aliphatic heterocycles. The zero-order valence-electron chi connectivity index (χ0n) is 14.2. The van der Waals surface area contributed by atoms with E-state index in [0.717, 1.165) is 28.0 Å². The number of aromatic nitrogens is 2. The lowest BCUT2D eigenvalue weighted by Crippen LogP contribution is -2.17. The van der Waals surface area contributed by atoms with Crippen LogP contribution in [0.5, 0.6) is 0 Å². The summed E-state index contributed by atoms with van der Waals surface area (Å²) in [7, 11) is 4.01. The molecule has 1 amide bonds. The van der Waals surface area contributed by atoms with E-state index >= 15 is 0 Å². The van der Waals surface area contributed by atoms with Crippen LogP contribution in [0.4, 0.5) is 5.69 Å². The van der Waals surface area contributed by atoms with Gasteiger partial charge in [0.25, 0.3) is 5.91 Å². The van der Waals surface area contributed by atoms with Crippen LogP contribution in [0.1, 0.15) is 47.1 Å². The molecule has 0 bridgehead atoms. The highest BCUT2D eigenvalue weighted by molar-refractivity contribution is 9.10. The Bertz CT molecular complexity index is 707. The molecular weight excluding hydrogens is 356 g/mol. The third-order valence-electron chi connectivity index (χ3n) is 3.52. The van der Waals surface area contributed by atoms with E-state index in [1.165, 1.54) is 5.56 Å². The molecular formula is C17H23BrN4O. The van der Waals surface area contributed by atoms with Crippen LogP contribution in [0.3, 0.4) is 0 Å². The number of anilines is 1. The first kappa shape index (κ1) is 17.7. The molecule has 0 unspecified atom stereocenters. The van der Waals surface area contributed by atoms with E-state index in [4.69, 9.17) is 0 Å². The first-order chi connectivity index (χ1) is 10.8. The van der Waals surface area contributed by atoms with Gasteiger partial charge in [-0.25, -0.2) is 0 Å². The number of benzene rings is 1. The Kier molecular flexibility index (Phi) is 5.59. The van der Waals surface area contributed by atoms with Crippen molar-refractivity contribution in [3.05, 3.63) is 45.2 Å². The van der Waals surface area contributed by atoms with Crippen LogP contribution in [-0.2, 0) is 6.54 Å². The lowest BCUT2D eigenvalue weighted by Gasteiger charge is -2.15. The van der Waals surface area contributed by atoms with E-state index < -0.39 is 0 Å². The number of carbonyl (C=O) groups is 1. The minimum absolute atomic E-state index is 0.219. The van der Waals surface area contributed by atoms with Gasteiger partial charge in [0, 0.05) is 12.2 Å². The predicted octanol–water partition coefficient (Wildman–Crippen LogP) is 3.92. The van der Waals surface area contributed by atoms with Gasteiger partial charge in [-0.05, 0) is 54.5 Å². The molecule has 2 rings (SSSR count). The molecule has 1 aromatic heterocycles. The van der Waals surface area contributed by atoms with Gasteiger partial charge in [0.05, 0.1) is 10.2 Å². The van der Waals surface area contributed by atoms with Crippen LogP contribution in [-0.4, -0.2) is 35.1 Å². The first-order valence-electron chi connectivity index (χ1n) is 7.59. The van der Waals surface area contributed by atoms with Crippen LogP contribution < -0.4 is 5.32 Å². The lowest BCUT2D eigenvalue weighted by molar-refractivity contribution is 0.102. The van der Waals surface area contributed by atoms with Crippen molar-refractivity contribution in [3.63, 3.8) is 0 Å². The molecule has 0 aliphatic rings. The standard InChI is InChI=1S/C17H23BrN4O/c1-10(2)15-14(18)16(21-20-15)17(23)19-13-7-6-11(3)8-12(13)9-22(4)5/h6-8,10H,9H2,1-5H3,(H,19,23)(H,20,21). The summed E-state index contributed by atoms with van der Waals surface area (Å²) in [5.41, 5.74) is 4.37. The number of aryl methyl sites for hydroxylation is 1. The molecule has 2 N–H and O–H groups in total. The van der Waals surface area contributed by atoms with E-state index in [-0.39, 0.29) is 11.8 Å². The van der Waals surface area contributed by atoms with Gasteiger partial charge < -0.3 is 10.2 Å². The second-order valence-corrected chi connectivity index (χ2v) is 7.10. The van der Waals surface area contributed by atoms with Crippen LogP contribution in [0.15, 0.2) is 22.7 Å². The molecule has 0 aliphatic carbocycles. The maximum atomic E-state index is 12.6. The fourth-order valence-corrected chi connectivity index (χ4v) is 3.19. The van der Waals surface area contributed by atoms with Gasteiger partial charge >= 0.3 is 0 Å². The molecule has 2 aromatic rings. The van der Waals surface area contributed by atoms with Gasteiger partial charge in [-0.3, -0.25) is 9.89 Å². The lowest BCUT2D eigenvalue weighted by atomic mass is 10.1. The fourth-order valence-electron chi connectivity index (χ4n) is 2.37. The normalized spacial score (nSPS) is 11.3. The highest BCUT2D eigenvalue weighted by Gasteiger charge is 2.20. The summed E-state index contributed by atoms with van der Waals surface area (Å²) < 4.78 is 0.728. The monoisotopic (exact) mass is 378 g/mol. The number of aromatic amines is 1. The molecule has 1 heterocycles. The van der Waals surface area contributed by atoms with Gasteiger partial charge in [0.15, 0.2) is 5.69 Å². The molecule has 1 aromatic carbocycles. The summed E-state index contributed by atoms with van der Waals surface area (Å²) in [5.74, 6) is 0.0472. The van der Waals surface area contributed by atoms with E-state index in [9.17, 15) is 4.79 Å². The Labute approximate surface area is 145 Å². The summed E-state index contributed by atoms with van der Waals surface area (Å²) in [6, 6.07) is 6.03. The minimum Gasteiger partial charge on any atom is -0.320 e. The number of carbonyl (C=O) groups excluding carboxylic acids is 1. The van der Waals surface area contributed by atoms with Crippen molar-refractivity contribution in [3.8, 4) is 0 Å². The van der Waals surface area contributed by atoms with Crippen molar-refractivity contribution in [1.29, 1.82) is 0 Å². The van der Waals surface area contributed by atoms with Crippen LogP contribution >= 0.6 is 15.9 Å². The summed E-state index contributed by atoms with van der Waals surface area (Å²) in [4.78, 5) is 14.6. The average molecular weight is 379 g/mol. The molecule has 0 saturated carbocycles. The number of hydrogen-bond donors (Lipinski definition) is 2. The molecule has 0 fully saturated rings. The van der Waals surface area contributed by atoms with Gasteiger partial charge in [0.2, 0.25) is 0 Å². The smallest absolute Gasteiger partial charge is 0.277 e. The van der Waals surface area contributed by atoms with Gasteiger partial charge in [-0.2, -0.15) is 5.10 Å². The second kappa shape index (κ2) is 7.27. The fraction of sp³-hybridized carbons (Fsp3) is 0.412. The average Bonchev–Trinajstić information content (AvgIpc) is 2.83. The van der Waals surface area contributed by atoms with Crippen molar-refractivity contribution in [2.45, 2.75) is 33.2 Å². The zero-order valence-corrected chi connectivity index (χ0v) is 15.8. The highest BCUT2D eigenvalue weighted by atomic mass is 79.9. The van der Waals surface area contributed by atoms with Gasteiger partial charge in [-0.15, -0.1) is 0 Å². The summed E-state index contributed by atoms with van der Waals surface area (Å²) in [6.45, 7) is 6.91. The van der Waals surface area contributed by atoms with Crippen molar-refractivity contribution in [2.24, 2.45) is 0 Å². The Morgan fingerprint density at radius 1 is 1.39 bits per heavy atom. The number of nitrogens with one attached hydrogen (secondary N) is 2. The largest absolute Gasteiger partial charge is 0.320 e. The Hall–Kier alpha value is -1.66. The molecule has 0 saturated heterocycles. The Morgan fingerprint density at radius 3 is 2.65 bits per heavy atom. The van der Waals surface area contributed by atoms with E-state index in [0.29, 0.717) is 5.69 Å². The summed E-state index contributed by atoms with van der Waals surface area (Å²) in [5, 5.41) is 10.1. The van der Waals surface area contributed by atoms with Gasteiger partial charge in [-0.1, -0.05) is 31.5 Å². The number of amides is 1. The van der Waals surface area contributed by atoms with Crippen LogP contribution in [0, 0.1) is 6.92 Å². The zero-order chi connectivity index (χ0) is 17.1. The van der Waals surface area contributed by atoms with Crippen LogP contribution in [0.25, 0.3) is 0 Å². The molecule has 23 heavy (non-hydrogen) atoms. The maximum absolute atomic E-state index is 12.6. The topological polar surface area (TPSA) is 61.0 Å². The van der Waals surface area contributed by atoms with E-state index in [2.05, 4.69) is 56.3 Å². The Balaban J connectivity index is 2.27. The number of H-pyrrole nitrogens is 1. The van der Waals surface area contributed by atoms with Crippen molar-refractivity contribution in [2.75, 3.05) is 19.4 Å². The predicted molar refractivity (Wildman–Crippen MR) is 96.9 cm³/mol. The molecule has 6 heteroatoms. The summed E-state index contributed by atoms with van der Waals surface area (Å²) in [6.07, 6.45) is 0. The molecule has 124 valence electrons. The van der Waals surface area contributed by atoms with Crippen molar-refractivity contribution < 1.29 is 4.79 Å². The highest BCUT2D eigenvalue weighted by Crippen LogP contribution is 2.27. The number of halogens is 1. The third-order valence-corrected chi connectivity index (χ3v) is 4.32. The summed E-state index contributed by atoms with van der Waals surface area (Å²) >= 11 is 3.47. The number of rotatable bonds is 5. The third kappa shape index (κ3) is 4.20. The van der Waals surface area contributed by atoms with E-state index in [1.807, 2.05) is 33.2 Å². The van der Waals surface area contributed by atoms with Crippen molar-refractivity contribution >= 4 is 27.5 Å². The minimum atomic E-state index is -0.219. The van der Waals surface area contributed by atoms with Crippen LogP contribution in [0.2, 0.25) is 0 Å². The van der Waals surface area contributed by atoms with Crippen molar-refractivity contribution in [1.82, 2.24) is 15.1 Å². The maximum Gasteiger partial charge on any atom is 0.277 e. The number of nitrogens with zero attached hydrogens (tertiary/aromatic N) is 2. The molecule has 5 nitrogen and oxygen atoms in total.